The molecule has 0 radical (unpaired) electrons. The highest BCUT2D eigenvalue weighted by Crippen LogP contribution is 2.25. The number of rotatable bonds is 4. The maximum Gasteiger partial charge on any atom is 0.229 e. The van der Waals surface area contributed by atoms with Crippen LogP contribution < -0.4 is 10.2 Å². The molecule has 1 fully saturated rings. The first kappa shape index (κ1) is 16.0. The van der Waals surface area contributed by atoms with E-state index in [2.05, 4.69) is 15.4 Å². The number of hydrogen-bond acceptors (Lipinski definition) is 4. The van der Waals surface area contributed by atoms with Crippen LogP contribution in [0.5, 0.6) is 0 Å². The third-order valence-corrected chi connectivity index (χ3v) is 4.32. The van der Waals surface area contributed by atoms with Crippen LogP contribution in [-0.2, 0) is 9.59 Å². The summed E-state index contributed by atoms with van der Waals surface area (Å²) in [4.78, 5) is 30.7. The number of benzene rings is 1. The minimum Gasteiger partial charge on any atom is -0.324 e. The first-order valence-corrected chi connectivity index (χ1v) is 8.33. The number of aromatic nitrogens is 3. The minimum absolute atomic E-state index is 0.0384. The van der Waals surface area contributed by atoms with Crippen LogP contribution in [0.15, 0.2) is 67.1 Å². The van der Waals surface area contributed by atoms with Crippen LogP contribution >= 0.6 is 0 Å². The Labute approximate surface area is 150 Å². The molecular formula is C19H17N5O2. The van der Waals surface area contributed by atoms with Gasteiger partial charge < -0.3 is 10.2 Å². The monoisotopic (exact) mass is 347 g/mol. The summed E-state index contributed by atoms with van der Waals surface area (Å²) >= 11 is 0. The van der Waals surface area contributed by atoms with Gasteiger partial charge in [-0.15, -0.1) is 0 Å². The Morgan fingerprint density at radius 1 is 1.12 bits per heavy atom. The predicted octanol–water partition coefficient (Wildman–Crippen LogP) is 2.26. The highest BCUT2D eigenvalue weighted by Gasteiger charge is 2.35. The van der Waals surface area contributed by atoms with Gasteiger partial charge in [-0.3, -0.25) is 9.59 Å². The second-order valence-electron chi connectivity index (χ2n) is 6.09. The van der Waals surface area contributed by atoms with Gasteiger partial charge in [-0.25, -0.2) is 9.67 Å². The molecule has 2 aromatic heterocycles. The Morgan fingerprint density at radius 3 is 2.65 bits per heavy atom. The van der Waals surface area contributed by atoms with Gasteiger partial charge in [0, 0.05) is 31.0 Å². The van der Waals surface area contributed by atoms with Gasteiger partial charge in [-0.1, -0.05) is 18.2 Å². The van der Waals surface area contributed by atoms with Gasteiger partial charge in [0.1, 0.15) is 0 Å². The van der Waals surface area contributed by atoms with Crippen molar-refractivity contribution >= 4 is 23.2 Å². The molecule has 26 heavy (non-hydrogen) atoms. The molecule has 1 atom stereocenters. The number of hydrogen-bond donors (Lipinski definition) is 1. The third kappa shape index (κ3) is 3.19. The zero-order valence-electron chi connectivity index (χ0n) is 13.9. The fraction of sp³-hybridized carbons (Fsp3) is 0.158. The number of para-hydroxylation sites is 1. The predicted molar refractivity (Wildman–Crippen MR) is 96.9 cm³/mol. The Balaban J connectivity index is 1.41. The molecule has 2 amide bonds. The lowest BCUT2D eigenvalue weighted by atomic mass is 10.1. The smallest absolute Gasteiger partial charge is 0.229 e. The second kappa shape index (κ2) is 6.79. The lowest BCUT2D eigenvalue weighted by Gasteiger charge is -2.16. The molecule has 1 aliphatic heterocycles. The summed E-state index contributed by atoms with van der Waals surface area (Å²) in [6, 6.07) is 14.8. The number of carbonyl (C=O) groups is 2. The van der Waals surface area contributed by atoms with E-state index in [1.54, 1.807) is 40.3 Å². The van der Waals surface area contributed by atoms with E-state index in [1.165, 1.54) is 0 Å². The summed E-state index contributed by atoms with van der Waals surface area (Å²) in [6.45, 7) is 0.382. The van der Waals surface area contributed by atoms with Crippen LogP contribution in [0.3, 0.4) is 0 Å². The topological polar surface area (TPSA) is 80.1 Å². The number of nitrogens with one attached hydrogen (secondary N) is 1. The van der Waals surface area contributed by atoms with E-state index in [1.807, 2.05) is 36.4 Å². The standard InChI is InChI=1S/C19H17N5O2/c25-18-11-14(13-23(18)16-5-2-1-3-6-16)19(26)22-15-7-8-17(20-12-15)24-10-4-9-21-24/h1-10,12,14H,11,13H2,(H,22,26). The summed E-state index contributed by atoms with van der Waals surface area (Å²) in [5.41, 5.74) is 1.41. The van der Waals surface area contributed by atoms with Crippen molar-refractivity contribution in [2.75, 3.05) is 16.8 Å². The summed E-state index contributed by atoms with van der Waals surface area (Å²) in [7, 11) is 0. The van der Waals surface area contributed by atoms with Gasteiger partial charge in [-0.05, 0) is 30.3 Å². The molecule has 7 nitrogen and oxygen atoms in total. The van der Waals surface area contributed by atoms with Crippen LogP contribution in [0.25, 0.3) is 5.82 Å². The molecule has 4 rings (SSSR count). The van der Waals surface area contributed by atoms with E-state index in [0.29, 0.717) is 18.1 Å². The number of anilines is 2. The van der Waals surface area contributed by atoms with Crippen molar-refractivity contribution in [2.45, 2.75) is 6.42 Å². The fourth-order valence-electron chi connectivity index (χ4n) is 2.98. The zero-order valence-corrected chi connectivity index (χ0v) is 13.9. The third-order valence-electron chi connectivity index (χ3n) is 4.32. The quantitative estimate of drug-likeness (QED) is 0.785. The average molecular weight is 347 g/mol. The summed E-state index contributed by atoms with van der Waals surface area (Å²) in [6.07, 6.45) is 5.26. The van der Waals surface area contributed by atoms with Crippen LogP contribution in [0.1, 0.15) is 6.42 Å². The zero-order chi connectivity index (χ0) is 17.9. The Bertz CT molecular complexity index is 907. The molecule has 1 aliphatic rings. The van der Waals surface area contributed by atoms with Crippen molar-refractivity contribution < 1.29 is 9.59 Å². The van der Waals surface area contributed by atoms with Gasteiger partial charge in [0.25, 0.3) is 0 Å². The van der Waals surface area contributed by atoms with E-state index < -0.39 is 0 Å². The van der Waals surface area contributed by atoms with Crippen molar-refractivity contribution in [2.24, 2.45) is 5.92 Å². The molecule has 7 heteroatoms. The average Bonchev–Trinajstić information content (AvgIpc) is 3.33. The largest absolute Gasteiger partial charge is 0.324 e. The number of carbonyl (C=O) groups excluding carboxylic acids is 2. The van der Waals surface area contributed by atoms with Gasteiger partial charge in [0.15, 0.2) is 5.82 Å². The minimum atomic E-state index is -0.381. The molecule has 0 bridgehead atoms. The SMILES string of the molecule is O=C(Nc1ccc(-n2cccn2)nc1)C1CC(=O)N(c2ccccc2)C1. The van der Waals surface area contributed by atoms with Crippen LogP contribution in [-0.4, -0.2) is 33.1 Å². The lowest BCUT2D eigenvalue weighted by Crippen LogP contribution is -2.28. The first-order chi connectivity index (χ1) is 12.7. The molecule has 130 valence electrons. The first-order valence-electron chi connectivity index (χ1n) is 8.33. The Kier molecular flexibility index (Phi) is 4.18. The molecule has 1 N–H and O–H groups in total. The van der Waals surface area contributed by atoms with E-state index in [-0.39, 0.29) is 24.2 Å². The summed E-state index contributed by atoms with van der Waals surface area (Å²) in [5.74, 6) is 0.0710. The van der Waals surface area contributed by atoms with E-state index in [4.69, 9.17) is 0 Å². The molecule has 1 unspecified atom stereocenters. The fourth-order valence-corrected chi connectivity index (χ4v) is 2.98. The maximum absolute atomic E-state index is 12.5. The van der Waals surface area contributed by atoms with Crippen molar-refractivity contribution in [3.05, 3.63) is 67.1 Å². The van der Waals surface area contributed by atoms with Crippen LogP contribution in [0.2, 0.25) is 0 Å². The van der Waals surface area contributed by atoms with Crippen LogP contribution in [0.4, 0.5) is 11.4 Å². The summed E-state index contributed by atoms with van der Waals surface area (Å²) in [5, 5.41) is 6.95. The molecule has 1 saturated heterocycles. The molecule has 0 aliphatic carbocycles. The molecule has 0 saturated carbocycles. The Hall–Kier alpha value is -3.48. The van der Waals surface area contributed by atoms with Gasteiger partial charge in [0.2, 0.25) is 11.8 Å². The second-order valence-corrected chi connectivity index (χ2v) is 6.09. The van der Waals surface area contributed by atoms with Crippen LogP contribution in [0, 0.1) is 5.92 Å². The van der Waals surface area contributed by atoms with Gasteiger partial charge in [0.05, 0.1) is 17.8 Å². The van der Waals surface area contributed by atoms with Crippen molar-refractivity contribution in [3.8, 4) is 5.82 Å². The van der Waals surface area contributed by atoms with E-state index in [9.17, 15) is 9.59 Å². The molecule has 1 aromatic carbocycles. The van der Waals surface area contributed by atoms with Crippen molar-refractivity contribution in [3.63, 3.8) is 0 Å². The normalized spacial score (nSPS) is 16.7. The highest BCUT2D eigenvalue weighted by atomic mass is 16.2. The molecule has 3 aromatic rings. The van der Waals surface area contributed by atoms with Crippen molar-refractivity contribution in [1.82, 2.24) is 14.8 Å². The van der Waals surface area contributed by atoms with Gasteiger partial charge >= 0.3 is 0 Å². The van der Waals surface area contributed by atoms with E-state index >= 15 is 0 Å². The maximum atomic E-state index is 12.5. The number of nitrogens with zero attached hydrogens (tertiary/aromatic N) is 4. The molecular weight excluding hydrogens is 330 g/mol. The van der Waals surface area contributed by atoms with Crippen molar-refractivity contribution in [1.29, 1.82) is 0 Å². The number of pyridine rings is 1. The molecule has 3 heterocycles. The molecule has 0 spiro atoms. The van der Waals surface area contributed by atoms with Gasteiger partial charge in [-0.2, -0.15) is 5.10 Å². The highest BCUT2D eigenvalue weighted by molar-refractivity contribution is 6.03. The number of amides is 2. The summed E-state index contributed by atoms with van der Waals surface area (Å²) < 4.78 is 1.64. The van der Waals surface area contributed by atoms with E-state index in [0.717, 1.165) is 5.69 Å². The Morgan fingerprint density at radius 2 is 1.96 bits per heavy atom. The lowest BCUT2D eigenvalue weighted by molar-refractivity contribution is -0.122.